The van der Waals surface area contributed by atoms with Crippen LogP contribution in [0.5, 0.6) is 0 Å². The summed E-state index contributed by atoms with van der Waals surface area (Å²) in [4.78, 5) is 8.84. The average Bonchev–Trinajstić information content (AvgIpc) is 2.39. The van der Waals surface area contributed by atoms with Gasteiger partial charge in [0.25, 0.3) is 0 Å². The minimum atomic E-state index is 0.487. The normalized spacial score (nSPS) is 17.3. The summed E-state index contributed by atoms with van der Waals surface area (Å²) in [6, 6.07) is 0.487. The summed E-state index contributed by atoms with van der Waals surface area (Å²) in [5, 5.41) is 4.85. The van der Waals surface area contributed by atoms with E-state index in [9.17, 15) is 0 Å². The van der Waals surface area contributed by atoms with Crippen LogP contribution in [-0.2, 0) is 11.3 Å². The lowest BCUT2D eigenvalue weighted by Crippen LogP contribution is -2.22. The molecule has 1 aliphatic heterocycles. The number of hydrogen-bond acceptors (Lipinski definition) is 5. The van der Waals surface area contributed by atoms with Gasteiger partial charge < -0.3 is 10.1 Å². The van der Waals surface area contributed by atoms with Gasteiger partial charge in [-0.05, 0) is 12.8 Å². The predicted molar refractivity (Wildman–Crippen MR) is 73.7 cm³/mol. The molecule has 0 atom stereocenters. The molecule has 100 valence electrons. The van der Waals surface area contributed by atoms with E-state index >= 15 is 0 Å². The van der Waals surface area contributed by atoms with Gasteiger partial charge in [-0.2, -0.15) is 0 Å². The summed E-state index contributed by atoms with van der Waals surface area (Å²) in [5.41, 5.74) is 1.14. The molecule has 18 heavy (non-hydrogen) atoms. The Kier molecular flexibility index (Phi) is 5.41. The summed E-state index contributed by atoms with van der Waals surface area (Å²) in [6.45, 7) is 6.84. The molecule has 0 saturated carbocycles. The van der Waals surface area contributed by atoms with E-state index in [-0.39, 0.29) is 0 Å². The molecule has 1 fully saturated rings. The van der Waals surface area contributed by atoms with Crippen LogP contribution >= 0.6 is 11.8 Å². The number of nitrogens with zero attached hydrogens (tertiary/aromatic N) is 2. The zero-order valence-corrected chi connectivity index (χ0v) is 11.9. The summed E-state index contributed by atoms with van der Waals surface area (Å²) in [7, 11) is 0. The second-order valence-corrected chi connectivity index (χ2v) is 6.11. The molecule has 0 spiro atoms. The van der Waals surface area contributed by atoms with Crippen LogP contribution in [0.15, 0.2) is 17.6 Å². The highest BCUT2D eigenvalue weighted by Gasteiger charge is 2.16. The van der Waals surface area contributed by atoms with Crippen LogP contribution in [-0.4, -0.2) is 34.5 Å². The van der Waals surface area contributed by atoms with E-state index in [2.05, 4.69) is 29.1 Å². The van der Waals surface area contributed by atoms with Crippen molar-refractivity contribution in [3.8, 4) is 0 Å². The van der Waals surface area contributed by atoms with Crippen molar-refractivity contribution >= 4 is 11.8 Å². The molecule has 0 bridgehead atoms. The van der Waals surface area contributed by atoms with Crippen molar-refractivity contribution in [1.82, 2.24) is 15.3 Å². The monoisotopic (exact) mass is 267 g/mol. The predicted octanol–water partition coefficient (Wildman–Crippen LogP) is 2.25. The van der Waals surface area contributed by atoms with E-state index in [1.54, 1.807) is 11.8 Å². The molecule has 0 amide bonds. The fraction of sp³-hybridized carbons (Fsp3) is 0.692. The van der Waals surface area contributed by atoms with Gasteiger partial charge in [0.1, 0.15) is 0 Å². The van der Waals surface area contributed by atoms with Crippen LogP contribution in [0.2, 0.25) is 0 Å². The van der Waals surface area contributed by atoms with Crippen molar-refractivity contribution in [2.75, 3.05) is 13.2 Å². The third-order valence-electron chi connectivity index (χ3n) is 2.84. The molecule has 1 aliphatic rings. The van der Waals surface area contributed by atoms with E-state index in [4.69, 9.17) is 4.74 Å². The first-order valence-electron chi connectivity index (χ1n) is 6.53. The number of hydrogen-bond donors (Lipinski definition) is 1. The van der Waals surface area contributed by atoms with E-state index in [0.29, 0.717) is 11.3 Å². The standard InChI is InChI=1S/C13H21N3OS/c1-10(2)14-7-11-8-15-13(16-9-11)18-12-3-5-17-6-4-12/h8-10,12,14H,3-7H2,1-2H3. The zero-order chi connectivity index (χ0) is 12.8. The maximum Gasteiger partial charge on any atom is 0.187 e. The number of rotatable bonds is 5. The number of aromatic nitrogens is 2. The molecule has 2 heterocycles. The Hall–Kier alpha value is -0.650. The van der Waals surface area contributed by atoms with Gasteiger partial charge in [0, 0.05) is 49.0 Å². The lowest BCUT2D eigenvalue weighted by atomic mass is 10.2. The molecule has 0 radical (unpaired) electrons. The minimum Gasteiger partial charge on any atom is -0.381 e. The van der Waals surface area contributed by atoms with Gasteiger partial charge >= 0.3 is 0 Å². The molecule has 1 saturated heterocycles. The van der Waals surface area contributed by atoms with Crippen LogP contribution in [0.4, 0.5) is 0 Å². The van der Waals surface area contributed by atoms with Gasteiger partial charge in [-0.1, -0.05) is 25.6 Å². The van der Waals surface area contributed by atoms with E-state index in [1.165, 1.54) is 0 Å². The van der Waals surface area contributed by atoms with E-state index in [1.807, 2.05) is 12.4 Å². The Morgan fingerprint density at radius 1 is 1.33 bits per heavy atom. The first kappa shape index (κ1) is 13.8. The van der Waals surface area contributed by atoms with E-state index in [0.717, 1.165) is 43.3 Å². The van der Waals surface area contributed by atoms with Crippen LogP contribution in [0.1, 0.15) is 32.3 Å². The molecule has 2 rings (SSSR count). The SMILES string of the molecule is CC(C)NCc1cnc(SC2CCOCC2)nc1. The van der Waals surface area contributed by atoms with E-state index < -0.39 is 0 Å². The third-order valence-corrected chi connectivity index (χ3v) is 4.06. The highest BCUT2D eigenvalue weighted by molar-refractivity contribution is 7.99. The number of thioether (sulfide) groups is 1. The van der Waals surface area contributed by atoms with Crippen molar-refractivity contribution in [3.63, 3.8) is 0 Å². The molecule has 0 aliphatic carbocycles. The van der Waals surface area contributed by atoms with Crippen LogP contribution in [0, 0.1) is 0 Å². The minimum absolute atomic E-state index is 0.487. The molecule has 0 unspecified atom stereocenters. The third kappa shape index (κ3) is 4.55. The van der Waals surface area contributed by atoms with Gasteiger partial charge in [-0.25, -0.2) is 9.97 Å². The summed E-state index contributed by atoms with van der Waals surface area (Å²) in [6.07, 6.45) is 6.05. The van der Waals surface area contributed by atoms with Gasteiger partial charge in [0.2, 0.25) is 0 Å². The maximum atomic E-state index is 5.35. The van der Waals surface area contributed by atoms with Crippen LogP contribution < -0.4 is 5.32 Å². The Bertz CT molecular complexity index is 350. The fourth-order valence-corrected chi connectivity index (χ4v) is 2.71. The summed E-state index contributed by atoms with van der Waals surface area (Å²) < 4.78 is 5.35. The first-order valence-corrected chi connectivity index (χ1v) is 7.40. The smallest absolute Gasteiger partial charge is 0.187 e. The molecule has 0 aromatic carbocycles. The van der Waals surface area contributed by atoms with Crippen molar-refractivity contribution in [3.05, 3.63) is 18.0 Å². The van der Waals surface area contributed by atoms with Crippen LogP contribution in [0.3, 0.4) is 0 Å². The Morgan fingerprint density at radius 2 is 2.00 bits per heavy atom. The van der Waals surface area contributed by atoms with Crippen molar-refractivity contribution in [2.45, 2.75) is 49.7 Å². The van der Waals surface area contributed by atoms with Crippen LogP contribution in [0.25, 0.3) is 0 Å². The number of nitrogens with one attached hydrogen (secondary N) is 1. The highest BCUT2D eigenvalue weighted by atomic mass is 32.2. The van der Waals surface area contributed by atoms with Crippen molar-refractivity contribution in [2.24, 2.45) is 0 Å². The van der Waals surface area contributed by atoms with Gasteiger partial charge in [-0.3, -0.25) is 0 Å². The zero-order valence-electron chi connectivity index (χ0n) is 11.1. The second-order valence-electron chi connectivity index (χ2n) is 4.84. The number of ether oxygens (including phenoxy) is 1. The summed E-state index contributed by atoms with van der Waals surface area (Å²) >= 11 is 1.77. The topological polar surface area (TPSA) is 47.0 Å². The van der Waals surface area contributed by atoms with Gasteiger partial charge in [-0.15, -0.1) is 0 Å². The average molecular weight is 267 g/mol. The largest absolute Gasteiger partial charge is 0.381 e. The molecule has 5 heteroatoms. The molecular formula is C13H21N3OS. The van der Waals surface area contributed by atoms with Crippen molar-refractivity contribution in [1.29, 1.82) is 0 Å². The second kappa shape index (κ2) is 7.07. The Balaban J connectivity index is 1.83. The van der Waals surface area contributed by atoms with Gasteiger partial charge in [0.15, 0.2) is 5.16 Å². The maximum absolute atomic E-state index is 5.35. The first-order chi connectivity index (χ1) is 8.74. The molecule has 1 aromatic heterocycles. The van der Waals surface area contributed by atoms with Crippen molar-refractivity contribution < 1.29 is 4.74 Å². The molecule has 1 N–H and O–H groups in total. The fourth-order valence-electron chi connectivity index (χ4n) is 1.76. The Morgan fingerprint density at radius 3 is 2.61 bits per heavy atom. The molecule has 1 aromatic rings. The molecular weight excluding hydrogens is 246 g/mol. The van der Waals surface area contributed by atoms with Gasteiger partial charge in [0.05, 0.1) is 0 Å². The molecule has 4 nitrogen and oxygen atoms in total. The highest BCUT2D eigenvalue weighted by Crippen LogP contribution is 2.26. The Labute approximate surface area is 113 Å². The lowest BCUT2D eigenvalue weighted by Gasteiger charge is -2.20. The summed E-state index contributed by atoms with van der Waals surface area (Å²) in [5.74, 6) is 0. The quantitative estimate of drug-likeness (QED) is 0.829. The lowest BCUT2D eigenvalue weighted by molar-refractivity contribution is 0.1000.